The Morgan fingerprint density at radius 1 is 1.14 bits per heavy atom. The third-order valence-corrected chi connectivity index (χ3v) is 9.53. The maximum Gasteiger partial charge on any atom is 0.326 e. The second-order valence-electron chi connectivity index (χ2n) is 10.9. The van der Waals surface area contributed by atoms with Gasteiger partial charge in [0.2, 0.25) is 0 Å². The molecular weight excluding hydrogens is 492 g/mol. The lowest BCUT2D eigenvalue weighted by Gasteiger charge is -2.37. The van der Waals surface area contributed by atoms with Crippen molar-refractivity contribution in [2.75, 3.05) is 36.3 Å². The number of urea groups is 1. The summed E-state index contributed by atoms with van der Waals surface area (Å²) in [4.78, 5) is 15.4. The summed E-state index contributed by atoms with van der Waals surface area (Å²) in [6, 6.07) is 1.08. The molecule has 1 saturated heterocycles. The van der Waals surface area contributed by atoms with E-state index in [2.05, 4.69) is 21.4 Å². The van der Waals surface area contributed by atoms with Crippen LogP contribution in [0.2, 0.25) is 0 Å². The van der Waals surface area contributed by atoms with E-state index in [-0.39, 0.29) is 23.0 Å². The number of hydrogen-bond acceptors (Lipinski definition) is 6. The molecule has 2 amide bonds. The van der Waals surface area contributed by atoms with Crippen molar-refractivity contribution in [3.05, 3.63) is 45.9 Å². The minimum absolute atomic E-state index is 0.0237. The SMILES string of the molecule is CC(C)n1cc(N(CC2CCN(C)CC2)S(=O)(=O)N([O-])C(=O)Nc2c3c(cc4c2CCC4)CCC3)cn1. The van der Waals surface area contributed by atoms with Crippen molar-refractivity contribution < 1.29 is 13.2 Å². The molecule has 0 atom stereocenters. The monoisotopic (exact) mass is 529 g/mol. The van der Waals surface area contributed by atoms with Gasteiger partial charge in [-0.3, -0.25) is 13.5 Å². The van der Waals surface area contributed by atoms with Crippen LogP contribution in [-0.2, 0) is 35.9 Å². The van der Waals surface area contributed by atoms with Crippen LogP contribution in [0.5, 0.6) is 0 Å². The molecule has 0 unspecified atom stereocenters. The summed E-state index contributed by atoms with van der Waals surface area (Å²) in [5.41, 5.74) is 5.42. The molecule has 1 aromatic carbocycles. The lowest BCUT2D eigenvalue weighted by Crippen LogP contribution is -2.48. The van der Waals surface area contributed by atoms with E-state index in [1.54, 1.807) is 10.9 Å². The number of amides is 2. The number of aryl methyl sites for hydroxylation is 2. The average molecular weight is 530 g/mol. The van der Waals surface area contributed by atoms with Crippen molar-refractivity contribution in [2.45, 2.75) is 71.3 Å². The molecule has 0 radical (unpaired) electrons. The van der Waals surface area contributed by atoms with Crippen molar-refractivity contribution in [3.63, 3.8) is 0 Å². The highest BCUT2D eigenvalue weighted by atomic mass is 32.2. The minimum Gasteiger partial charge on any atom is -0.740 e. The largest absolute Gasteiger partial charge is 0.740 e. The van der Waals surface area contributed by atoms with Gasteiger partial charge in [-0.05, 0) is 114 Å². The van der Waals surface area contributed by atoms with Crippen molar-refractivity contribution >= 4 is 27.6 Å². The summed E-state index contributed by atoms with van der Waals surface area (Å²) in [7, 11) is -2.65. The molecule has 2 aliphatic carbocycles. The highest BCUT2D eigenvalue weighted by Gasteiger charge is 2.33. The van der Waals surface area contributed by atoms with E-state index in [1.165, 1.54) is 17.3 Å². The van der Waals surface area contributed by atoms with Crippen LogP contribution in [-0.4, -0.2) is 60.3 Å². The van der Waals surface area contributed by atoms with Gasteiger partial charge in [0.25, 0.3) is 0 Å². The second-order valence-corrected chi connectivity index (χ2v) is 12.6. The molecular formula is C26H37N6O4S-. The molecule has 3 aliphatic rings. The Kier molecular flexibility index (Phi) is 7.21. The first kappa shape index (κ1) is 26.0. The summed E-state index contributed by atoms with van der Waals surface area (Å²) in [6.07, 6.45) is 10.2. The molecule has 5 rings (SSSR count). The number of fused-ring (bicyclic) bond motifs is 2. The molecule has 1 N–H and O–H groups in total. The molecule has 0 spiro atoms. The number of benzene rings is 1. The van der Waals surface area contributed by atoms with Crippen molar-refractivity contribution in [1.82, 2.24) is 19.1 Å². The van der Waals surface area contributed by atoms with E-state index < -0.39 is 16.2 Å². The Labute approximate surface area is 219 Å². The number of rotatable bonds is 7. The standard InChI is InChI=1S/C26H37N6O4S/c1-18(2)30-17-22(15-27-30)31(16-19-10-12-29(3)13-11-19)37(35,36)32(34)26(33)28-25-23-8-4-6-20(23)14-21-7-5-9-24(21)25/h14-15,17-19H,4-13,16H2,1-3H3,(H,28,33)/q-1. The summed E-state index contributed by atoms with van der Waals surface area (Å²) >= 11 is 0. The topological polar surface area (TPSA) is 114 Å². The summed E-state index contributed by atoms with van der Waals surface area (Å²) < 4.78 is 29.7. The van der Waals surface area contributed by atoms with Crippen LogP contribution in [0, 0.1) is 11.1 Å². The Hall–Kier alpha value is -2.63. The number of carbonyl (C=O) groups excluding carboxylic acids is 1. The normalized spacial score (nSPS) is 18.2. The number of likely N-dealkylation sites (tertiary alicyclic amines) is 1. The number of aromatic nitrogens is 2. The van der Waals surface area contributed by atoms with Gasteiger partial charge in [-0.15, -0.1) is 0 Å². The van der Waals surface area contributed by atoms with E-state index in [4.69, 9.17) is 0 Å². The maximum atomic E-state index is 13.7. The molecule has 0 bridgehead atoms. The van der Waals surface area contributed by atoms with E-state index in [0.717, 1.165) is 79.9 Å². The van der Waals surface area contributed by atoms with Crippen LogP contribution in [0.3, 0.4) is 0 Å². The van der Waals surface area contributed by atoms with Gasteiger partial charge in [0, 0.05) is 24.5 Å². The quantitative estimate of drug-likeness (QED) is 0.545. The summed E-state index contributed by atoms with van der Waals surface area (Å²) in [5.74, 6) is 0.0745. The number of carbonyl (C=O) groups is 1. The molecule has 37 heavy (non-hydrogen) atoms. The third kappa shape index (κ3) is 5.08. The third-order valence-electron chi connectivity index (χ3n) is 8.03. The molecule has 1 aliphatic heterocycles. The van der Waals surface area contributed by atoms with Crippen molar-refractivity contribution in [2.24, 2.45) is 5.92 Å². The van der Waals surface area contributed by atoms with Gasteiger partial charge >= 0.3 is 16.2 Å². The fraction of sp³-hybridized carbons (Fsp3) is 0.615. The fourth-order valence-corrected chi connectivity index (χ4v) is 7.06. The lowest BCUT2D eigenvalue weighted by atomic mass is 9.97. The number of nitrogens with one attached hydrogen (secondary N) is 1. The zero-order valence-corrected chi connectivity index (χ0v) is 22.8. The van der Waals surface area contributed by atoms with Crippen LogP contribution in [0.4, 0.5) is 16.2 Å². The van der Waals surface area contributed by atoms with E-state index >= 15 is 0 Å². The molecule has 10 nitrogen and oxygen atoms in total. The maximum absolute atomic E-state index is 13.7. The van der Waals surface area contributed by atoms with Crippen molar-refractivity contribution in [3.8, 4) is 0 Å². The first-order valence-electron chi connectivity index (χ1n) is 13.4. The number of hydrogen-bond donors (Lipinski definition) is 1. The predicted molar refractivity (Wildman–Crippen MR) is 144 cm³/mol. The molecule has 2 aromatic rings. The minimum atomic E-state index is -4.69. The molecule has 202 valence electrons. The summed E-state index contributed by atoms with van der Waals surface area (Å²) in [6.45, 7) is 5.72. The van der Waals surface area contributed by atoms with Crippen LogP contribution in [0.1, 0.15) is 67.8 Å². The number of hydroxylamine groups is 1. The Balaban J connectivity index is 1.42. The van der Waals surface area contributed by atoms with Crippen LogP contribution >= 0.6 is 0 Å². The van der Waals surface area contributed by atoms with E-state index in [1.807, 2.05) is 20.9 Å². The molecule has 2 heterocycles. The van der Waals surface area contributed by atoms with Crippen molar-refractivity contribution in [1.29, 1.82) is 0 Å². The molecule has 0 saturated carbocycles. The van der Waals surface area contributed by atoms with E-state index in [0.29, 0.717) is 11.4 Å². The number of nitrogens with zero attached hydrogens (tertiary/aromatic N) is 5. The highest BCUT2D eigenvalue weighted by molar-refractivity contribution is 7.91. The van der Waals surface area contributed by atoms with Gasteiger partial charge in [-0.1, -0.05) is 6.07 Å². The number of piperidine rings is 1. The Morgan fingerprint density at radius 2 is 1.76 bits per heavy atom. The molecule has 11 heteroatoms. The van der Waals surface area contributed by atoms with Gasteiger partial charge in [-0.25, -0.2) is 4.79 Å². The second kappa shape index (κ2) is 10.3. The summed E-state index contributed by atoms with van der Waals surface area (Å²) in [5, 5.41) is 20.3. The van der Waals surface area contributed by atoms with Gasteiger partial charge in [0.15, 0.2) is 0 Å². The van der Waals surface area contributed by atoms with Gasteiger partial charge in [-0.2, -0.15) is 13.5 Å². The molecule has 1 aromatic heterocycles. The van der Waals surface area contributed by atoms with Gasteiger partial charge in [0.1, 0.15) is 0 Å². The van der Waals surface area contributed by atoms with Gasteiger partial charge < -0.3 is 15.4 Å². The lowest BCUT2D eigenvalue weighted by molar-refractivity contribution is 0.223. The Bertz CT molecular complexity index is 1230. The fourth-order valence-electron chi connectivity index (χ4n) is 5.87. The zero-order chi connectivity index (χ0) is 26.3. The Morgan fingerprint density at radius 3 is 2.32 bits per heavy atom. The van der Waals surface area contributed by atoms with Crippen LogP contribution < -0.4 is 9.62 Å². The zero-order valence-electron chi connectivity index (χ0n) is 21.9. The van der Waals surface area contributed by atoms with Crippen LogP contribution in [0.15, 0.2) is 18.5 Å². The molecule has 1 fully saturated rings. The first-order chi connectivity index (χ1) is 17.6. The first-order valence-corrected chi connectivity index (χ1v) is 14.7. The average Bonchev–Trinajstić information content (AvgIpc) is 3.63. The van der Waals surface area contributed by atoms with Crippen LogP contribution in [0.25, 0.3) is 0 Å². The smallest absolute Gasteiger partial charge is 0.326 e. The number of anilines is 2. The van der Waals surface area contributed by atoms with E-state index in [9.17, 15) is 18.4 Å². The van der Waals surface area contributed by atoms with Gasteiger partial charge in [0.05, 0.1) is 11.9 Å². The highest BCUT2D eigenvalue weighted by Crippen LogP contribution is 2.39. The predicted octanol–water partition coefficient (Wildman–Crippen LogP) is 3.87.